The Bertz CT molecular complexity index is 967. The quantitative estimate of drug-likeness (QED) is 0.774. The molecule has 0 aromatic heterocycles. The summed E-state index contributed by atoms with van der Waals surface area (Å²) < 4.78 is 48.4. The molecule has 0 saturated carbocycles. The van der Waals surface area contributed by atoms with Gasteiger partial charge in [-0.1, -0.05) is 31.2 Å². The van der Waals surface area contributed by atoms with Gasteiger partial charge in [0.2, 0.25) is 10.0 Å². The minimum atomic E-state index is -3.90. The Morgan fingerprint density at radius 2 is 2.03 bits per heavy atom. The van der Waals surface area contributed by atoms with Gasteiger partial charge in [-0.25, -0.2) is 12.8 Å². The van der Waals surface area contributed by atoms with Crippen LogP contribution in [0.1, 0.15) is 13.8 Å². The molecule has 3 rings (SSSR count). The van der Waals surface area contributed by atoms with Crippen LogP contribution in [0.15, 0.2) is 47.4 Å². The van der Waals surface area contributed by atoms with E-state index in [0.717, 1.165) is 0 Å². The topological polar surface area (TPSA) is 78.9 Å². The number of aliphatic hydroxyl groups excluding tert-OH is 1. The fourth-order valence-corrected chi connectivity index (χ4v) is 5.36. The van der Waals surface area contributed by atoms with Gasteiger partial charge >= 0.3 is 0 Å². The average molecular weight is 423 g/mol. The molecule has 0 fully saturated rings. The number of hydrogen-bond donors (Lipinski definition) is 2. The smallest absolute Gasteiger partial charge is 0.247 e. The molecule has 0 amide bonds. The van der Waals surface area contributed by atoms with E-state index < -0.39 is 21.9 Å². The van der Waals surface area contributed by atoms with Crippen LogP contribution in [-0.4, -0.2) is 56.7 Å². The summed E-state index contributed by atoms with van der Waals surface area (Å²) in [5.74, 6) is -0.332. The molecule has 0 saturated heterocycles. The van der Waals surface area contributed by atoms with Crippen LogP contribution in [0.25, 0.3) is 11.1 Å². The van der Waals surface area contributed by atoms with Crippen LogP contribution in [0, 0.1) is 11.7 Å². The summed E-state index contributed by atoms with van der Waals surface area (Å²) in [5, 5.41) is 12.7. The highest BCUT2D eigenvalue weighted by atomic mass is 32.2. The van der Waals surface area contributed by atoms with Crippen molar-refractivity contribution in [1.82, 2.24) is 9.62 Å². The zero-order chi connectivity index (χ0) is 21.2. The number of benzene rings is 2. The Kier molecular flexibility index (Phi) is 6.58. The number of sulfonamides is 1. The second kappa shape index (κ2) is 8.79. The second-order valence-electron chi connectivity index (χ2n) is 7.44. The summed E-state index contributed by atoms with van der Waals surface area (Å²) in [6.07, 6.45) is -0.293. The molecule has 1 heterocycles. The lowest BCUT2D eigenvalue weighted by atomic mass is 10.0. The number of nitrogens with zero attached hydrogens (tertiary/aromatic N) is 1. The van der Waals surface area contributed by atoms with Crippen LogP contribution in [0.4, 0.5) is 4.39 Å². The normalized spacial score (nSPS) is 22.8. The minimum Gasteiger partial charge on any atom is -0.487 e. The van der Waals surface area contributed by atoms with Crippen molar-refractivity contribution in [2.75, 3.05) is 26.7 Å². The standard InChI is InChI=1S/C21H27FN2O4S/c1-14-12-24(15(2)13-25)29(26,27)21-9-8-16(17-6-4-5-7-18(17)22)10-19(21)28-20(14)11-23-3/h4-10,14-15,20,23,25H,11-13H2,1-3H3/t14-,15-,20-/m0/s1. The summed E-state index contributed by atoms with van der Waals surface area (Å²) in [6, 6.07) is 10.4. The van der Waals surface area contributed by atoms with E-state index in [4.69, 9.17) is 4.74 Å². The molecule has 0 unspecified atom stereocenters. The molecule has 3 atom stereocenters. The van der Waals surface area contributed by atoms with Crippen molar-refractivity contribution in [3.8, 4) is 16.9 Å². The lowest BCUT2D eigenvalue weighted by molar-refractivity contribution is 0.103. The highest BCUT2D eigenvalue weighted by Gasteiger charge is 2.37. The van der Waals surface area contributed by atoms with E-state index in [1.807, 2.05) is 6.92 Å². The van der Waals surface area contributed by atoms with Crippen molar-refractivity contribution in [1.29, 1.82) is 0 Å². The Morgan fingerprint density at radius 3 is 2.69 bits per heavy atom. The van der Waals surface area contributed by atoms with E-state index in [1.54, 1.807) is 44.3 Å². The van der Waals surface area contributed by atoms with E-state index in [9.17, 15) is 17.9 Å². The molecule has 158 valence electrons. The number of nitrogens with one attached hydrogen (secondary N) is 1. The first-order chi connectivity index (χ1) is 13.8. The maximum atomic E-state index is 14.3. The van der Waals surface area contributed by atoms with Crippen LogP contribution in [0.5, 0.6) is 5.75 Å². The lowest BCUT2D eigenvalue weighted by Gasteiger charge is -2.36. The fraction of sp³-hybridized carbons (Fsp3) is 0.429. The highest BCUT2D eigenvalue weighted by Crippen LogP contribution is 2.36. The zero-order valence-electron chi connectivity index (χ0n) is 16.8. The fourth-order valence-electron chi connectivity index (χ4n) is 3.53. The summed E-state index contributed by atoms with van der Waals surface area (Å²) in [5.41, 5.74) is 0.910. The first-order valence-electron chi connectivity index (χ1n) is 9.62. The second-order valence-corrected chi connectivity index (χ2v) is 9.30. The molecule has 2 aromatic rings. The molecule has 0 aliphatic carbocycles. The van der Waals surface area contributed by atoms with Gasteiger partial charge in [-0.05, 0) is 37.7 Å². The van der Waals surface area contributed by atoms with E-state index in [-0.39, 0.29) is 35.8 Å². The van der Waals surface area contributed by atoms with Crippen LogP contribution in [0.3, 0.4) is 0 Å². The summed E-state index contributed by atoms with van der Waals surface area (Å²) in [6.45, 7) is 4.05. The summed E-state index contributed by atoms with van der Waals surface area (Å²) >= 11 is 0. The van der Waals surface area contributed by atoms with E-state index >= 15 is 0 Å². The van der Waals surface area contributed by atoms with E-state index in [1.165, 1.54) is 16.4 Å². The molecule has 6 nitrogen and oxygen atoms in total. The SMILES string of the molecule is CNC[C@@H]1Oc2cc(-c3ccccc3F)ccc2S(=O)(=O)N([C@@H](C)CO)C[C@@H]1C. The molecule has 1 aliphatic heterocycles. The first kappa shape index (κ1) is 21.7. The molecule has 8 heteroatoms. The number of ether oxygens (including phenoxy) is 1. The first-order valence-corrected chi connectivity index (χ1v) is 11.1. The third-order valence-electron chi connectivity index (χ3n) is 5.26. The van der Waals surface area contributed by atoms with Gasteiger partial charge in [0.25, 0.3) is 0 Å². The van der Waals surface area contributed by atoms with Gasteiger partial charge in [-0.2, -0.15) is 4.31 Å². The van der Waals surface area contributed by atoms with Crippen LogP contribution in [0.2, 0.25) is 0 Å². The predicted octanol–water partition coefficient (Wildman–Crippen LogP) is 2.48. The number of fused-ring (bicyclic) bond motifs is 1. The molecule has 0 spiro atoms. The van der Waals surface area contributed by atoms with Crippen molar-refractivity contribution in [2.45, 2.75) is 30.9 Å². The number of rotatable bonds is 5. The van der Waals surface area contributed by atoms with Gasteiger partial charge in [-0.15, -0.1) is 0 Å². The molecule has 0 radical (unpaired) electrons. The number of likely N-dealkylation sites (N-methyl/N-ethyl adjacent to an activating group) is 1. The number of halogens is 1. The Hall–Kier alpha value is -2.00. The molecule has 2 aromatic carbocycles. The van der Waals surface area contributed by atoms with Crippen LogP contribution in [-0.2, 0) is 10.0 Å². The number of aliphatic hydroxyl groups is 1. The molecule has 29 heavy (non-hydrogen) atoms. The molecule has 1 aliphatic rings. The Balaban J connectivity index is 2.17. The Labute approximate surface area is 171 Å². The third kappa shape index (κ3) is 4.30. The van der Waals surface area contributed by atoms with Gasteiger partial charge in [-0.3, -0.25) is 0 Å². The van der Waals surface area contributed by atoms with Crippen molar-refractivity contribution in [3.63, 3.8) is 0 Å². The Morgan fingerprint density at radius 1 is 1.31 bits per heavy atom. The molecular formula is C21H27FN2O4S. The summed E-state index contributed by atoms with van der Waals surface area (Å²) in [4.78, 5) is 0.0193. The largest absolute Gasteiger partial charge is 0.487 e. The van der Waals surface area contributed by atoms with Crippen LogP contribution < -0.4 is 10.1 Å². The maximum absolute atomic E-state index is 14.3. The van der Waals surface area contributed by atoms with E-state index in [2.05, 4.69) is 5.32 Å². The average Bonchev–Trinajstić information content (AvgIpc) is 2.70. The number of hydrogen-bond acceptors (Lipinski definition) is 5. The molecule has 0 bridgehead atoms. The van der Waals surface area contributed by atoms with Crippen LogP contribution >= 0.6 is 0 Å². The third-order valence-corrected chi connectivity index (χ3v) is 7.28. The van der Waals surface area contributed by atoms with E-state index in [0.29, 0.717) is 17.7 Å². The monoisotopic (exact) mass is 422 g/mol. The van der Waals surface area contributed by atoms with Crippen molar-refractivity contribution in [3.05, 3.63) is 48.3 Å². The van der Waals surface area contributed by atoms with Gasteiger partial charge < -0.3 is 15.2 Å². The maximum Gasteiger partial charge on any atom is 0.247 e. The minimum absolute atomic E-state index is 0.0193. The summed E-state index contributed by atoms with van der Waals surface area (Å²) in [7, 11) is -2.10. The molecular weight excluding hydrogens is 395 g/mol. The molecule has 2 N–H and O–H groups in total. The van der Waals surface area contributed by atoms with Gasteiger partial charge in [0.1, 0.15) is 22.6 Å². The van der Waals surface area contributed by atoms with Gasteiger partial charge in [0.15, 0.2) is 0 Å². The predicted molar refractivity (Wildman–Crippen MR) is 110 cm³/mol. The zero-order valence-corrected chi connectivity index (χ0v) is 17.6. The lowest BCUT2D eigenvalue weighted by Crippen LogP contribution is -2.49. The van der Waals surface area contributed by atoms with Gasteiger partial charge in [0.05, 0.1) is 6.61 Å². The van der Waals surface area contributed by atoms with Crippen molar-refractivity contribution >= 4 is 10.0 Å². The highest BCUT2D eigenvalue weighted by molar-refractivity contribution is 7.89. The van der Waals surface area contributed by atoms with Gasteiger partial charge in [0, 0.05) is 30.6 Å². The van der Waals surface area contributed by atoms with Crippen molar-refractivity contribution < 1.29 is 22.7 Å². The van der Waals surface area contributed by atoms with Crippen molar-refractivity contribution in [2.24, 2.45) is 5.92 Å².